The number of rotatable bonds is 6. The van der Waals surface area contributed by atoms with Crippen molar-refractivity contribution in [3.05, 3.63) is 28.2 Å². The molecule has 1 aliphatic heterocycles. The Labute approximate surface area is 146 Å². The average molecular weight is 397 g/mol. The van der Waals surface area contributed by atoms with Crippen LogP contribution >= 0.6 is 15.9 Å². The van der Waals surface area contributed by atoms with Crippen LogP contribution in [0.5, 0.6) is 0 Å². The molecule has 1 aromatic rings. The second-order valence-electron chi connectivity index (χ2n) is 5.34. The van der Waals surface area contributed by atoms with Crippen molar-refractivity contribution in [1.29, 1.82) is 0 Å². The summed E-state index contributed by atoms with van der Waals surface area (Å²) in [5, 5.41) is 9.68. The molecule has 24 heavy (non-hydrogen) atoms. The first-order chi connectivity index (χ1) is 11.3. The van der Waals surface area contributed by atoms with Gasteiger partial charge in [0.2, 0.25) is 11.8 Å². The number of carbonyl (C=O) groups excluding carboxylic acids is 4. The van der Waals surface area contributed by atoms with Gasteiger partial charge in [0.05, 0.1) is 6.54 Å². The zero-order chi connectivity index (χ0) is 17.7. The van der Waals surface area contributed by atoms with Crippen molar-refractivity contribution < 1.29 is 19.2 Å². The molecule has 0 unspecified atom stereocenters. The third kappa shape index (κ3) is 5.05. The topological polar surface area (TPSA) is 116 Å². The zero-order valence-electron chi connectivity index (χ0n) is 12.9. The first kappa shape index (κ1) is 17.9. The number of aryl methyl sites for hydroxylation is 1. The average Bonchev–Trinajstić information content (AvgIpc) is 2.84. The van der Waals surface area contributed by atoms with Crippen LogP contribution in [0.1, 0.15) is 18.4 Å². The minimum atomic E-state index is -0.706. The normalized spacial score (nSPS) is 16.3. The third-order valence-electron chi connectivity index (χ3n) is 3.43. The van der Waals surface area contributed by atoms with Gasteiger partial charge >= 0.3 is 6.03 Å². The Morgan fingerprint density at radius 3 is 2.62 bits per heavy atom. The van der Waals surface area contributed by atoms with Crippen LogP contribution in [0, 0.1) is 6.92 Å². The van der Waals surface area contributed by atoms with Gasteiger partial charge in [-0.3, -0.25) is 19.7 Å². The maximum atomic E-state index is 11.9. The standard InChI is InChI=1S/C15H17BrN4O4/c1-8-6-9(16)2-3-10(8)18-13(22)7-17-12(21)5-4-11-14(23)20-15(24)19-11/h2-3,6,11H,4-5,7H2,1H3,(H,17,21)(H,18,22)(H2,19,20,23,24)/t11-/m0/s1. The van der Waals surface area contributed by atoms with Gasteiger partial charge in [-0.25, -0.2) is 4.79 Å². The van der Waals surface area contributed by atoms with Crippen LogP contribution in [0.25, 0.3) is 0 Å². The molecule has 4 N–H and O–H groups in total. The van der Waals surface area contributed by atoms with Crippen LogP contribution in [0.3, 0.4) is 0 Å². The maximum absolute atomic E-state index is 11.9. The van der Waals surface area contributed by atoms with Crippen molar-refractivity contribution in [1.82, 2.24) is 16.0 Å². The fourth-order valence-electron chi connectivity index (χ4n) is 2.17. The Morgan fingerprint density at radius 2 is 2.00 bits per heavy atom. The molecule has 1 atom stereocenters. The van der Waals surface area contributed by atoms with Gasteiger partial charge in [-0.1, -0.05) is 15.9 Å². The number of imide groups is 1. The molecule has 2 rings (SSSR count). The number of benzene rings is 1. The Hall–Kier alpha value is -2.42. The van der Waals surface area contributed by atoms with Crippen molar-refractivity contribution in [3.8, 4) is 0 Å². The lowest BCUT2D eigenvalue weighted by atomic mass is 10.1. The van der Waals surface area contributed by atoms with Crippen molar-refractivity contribution in [2.45, 2.75) is 25.8 Å². The van der Waals surface area contributed by atoms with E-state index in [0.29, 0.717) is 5.69 Å². The summed E-state index contributed by atoms with van der Waals surface area (Å²) in [6.45, 7) is 1.69. The molecule has 9 heteroatoms. The smallest absolute Gasteiger partial charge is 0.322 e. The number of anilines is 1. The summed E-state index contributed by atoms with van der Waals surface area (Å²) in [5.41, 5.74) is 1.56. The first-order valence-electron chi connectivity index (χ1n) is 7.29. The summed E-state index contributed by atoms with van der Waals surface area (Å²) in [5.74, 6) is -1.16. The highest BCUT2D eigenvalue weighted by molar-refractivity contribution is 9.10. The van der Waals surface area contributed by atoms with Crippen molar-refractivity contribution in [2.24, 2.45) is 0 Å². The summed E-state index contributed by atoms with van der Waals surface area (Å²) in [4.78, 5) is 45.8. The highest BCUT2D eigenvalue weighted by atomic mass is 79.9. The molecular weight excluding hydrogens is 380 g/mol. The molecule has 1 fully saturated rings. The summed E-state index contributed by atoms with van der Waals surface area (Å²) in [7, 11) is 0. The third-order valence-corrected chi connectivity index (χ3v) is 3.92. The van der Waals surface area contributed by atoms with Crippen LogP contribution in [0.2, 0.25) is 0 Å². The van der Waals surface area contributed by atoms with Crippen molar-refractivity contribution in [2.75, 3.05) is 11.9 Å². The molecule has 0 aliphatic carbocycles. The molecular formula is C15H17BrN4O4. The molecule has 1 heterocycles. The van der Waals surface area contributed by atoms with E-state index in [-0.39, 0.29) is 31.2 Å². The molecule has 0 bridgehead atoms. The zero-order valence-corrected chi connectivity index (χ0v) is 14.5. The van der Waals surface area contributed by atoms with E-state index in [1.165, 1.54) is 0 Å². The number of halogens is 1. The van der Waals surface area contributed by atoms with E-state index in [9.17, 15) is 19.2 Å². The molecule has 0 saturated carbocycles. The first-order valence-corrected chi connectivity index (χ1v) is 8.08. The molecule has 0 spiro atoms. The minimum Gasteiger partial charge on any atom is -0.347 e. The van der Waals surface area contributed by atoms with Crippen LogP contribution in [-0.4, -0.2) is 36.3 Å². The van der Waals surface area contributed by atoms with Crippen LogP contribution < -0.4 is 21.3 Å². The van der Waals surface area contributed by atoms with E-state index in [1.54, 1.807) is 6.07 Å². The van der Waals surface area contributed by atoms with E-state index in [0.717, 1.165) is 10.0 Å². The van der Waals surface area contributed by atoms with Crippen LogP contribution in [0.4, 0.5) is 10.5 Å². The van der Waals surface area contributed by atoms with E-state index < -0.39 is 18.0 Å². The Kier molecular flexibility index (Phi) is 5.91. The summed E-state index contributed by atoms with van der Waals surface area (Å²) >= 11 is 3.34. The number of nitrogens with one attached hydrogen (secondary N) is 4. The van der Waals surface area contributed by atoms with Gasteiger partial charge in [-0.2, -0.15) is 0 Å². The molecule has 1 aromatic carbocycles. The number of hydrogen-bond acceptors (Lipinski definition) is 4. The second-order valence-corrected chi connectivity index (χ2v) is 6.25. The molecule has 5 amide bonds. The van der Waals surface area contributed by atoms with Gasteiger partial charge in [0.25, 0.3) is 5.91 Å². The second kappa shape index (κ2) is 7.91. The summed E-state index contributed by atoms with van der Waals surface area (Å²) in [6, 6.07) is 4.18. The van der Waals surface area contributed by atoms with Crippen LogP contribution in [0.15, 0.2) is 22.7 Å². The molecule has 0 radical (unpaired) electrons. The van der Waals surface area contributed by atoms with Gasteiger partial charge in [-0.05, 0) is 37.1 Å². The van der Waals surface area contributed by atoms with Crippen molar-refractivity contribution in [3.63, 3.8) is 0 Å². The van der Waals surface area contributed by atoms with E-state index in [2.05, 4.69) is 37.2 Å². The van der Waals surface area contributed by atoms with Crippen molar-refractivity contribution >= 4 is 45.4 Å². The van der Waals surface area contributed by atoms with Gasteiger partial charge in [-0.15, -0.1) is 0 Å². The number of hydrogen-bond donors (Lipinski definition) is 4. The van der Waals surface area contributed by atoms with E-state index in [1.807, 2.05) is 19.1 Å². The fourth-order valence-corrected chi connectivity index (χ4v) is 2.64. The van der Waals surface area contributed by atoms with Gasteiger partial charge in [0.1, 0.15) is 6.04 Å². The highest BCUT2D eigenvalue weighted by Crippen LogP contribution is 2.19. The highest BCUT2D eigenvalue weighted by Gasteiger charge is 2.29. The SMILES string of the molecule is Cc1cc(Br)ccc1NC(=O)CNC(=O)CC[C@@H]1NC(=O)NC1=O. The number of amides is 5. The molecule has 0 aromatic heterocycles. The Bertz CT molecular complexity index is 692. The van der Waals surface area contributed by atoms with Crippen LogP contribution in [-0.2, 0) is 14.4 Å². The predicted octanol–water partition coefficient (Wildman–Crippen LogP) is 0.800. The van der Waals surface area contributed by atoms with E-state index >= 15 is 0 Å². The van der Waals surface area contributed by atoms with Gasteiger partial charge < -0.3 is 16.0 Å². The Morgan fingerprint density at radius 1 is 1.25 bits per heavy atom. The molecule has 8 nitrogen and oxygen atoms in total. The van der Waals surface area contributed by atoms with Gasteiger partial charge in [0, 0.05) is 16.6 Å². The monoisotopic (exact) mass is 396 g/mol. The van der Waals surface area contributed by atoms with Gasteiger partial charge in [0.15, 0.2) is 0 Å². The fraction of sp³-hybridized carbons (Fsp3) is 0.333. The maximum Gasteiger partial charge on any atom is 0.322 e. The van der Waals surface area contributed by atoms with E-state index in [4.69, 9.17) is 0 Å². The lowest BCUT2D eigenvalue weighted by Crippen LogP contribution is -2.35. The number of urea groups is 1. The number of carbonyl (C=O) groups is 4. The molecule has 1 aliphatic rings. The lowest BCUT2D eigenvalue weighted by molar-refractivity contribution is -0.124. The summed E-state index contributed by atoms with van der Waals surface area (Å²) < 4.78 is 0.911. The summed E-state index contributed by atoms with van der Waals surface area (Å²) in [6.07, 6.45) is 0.208. The Balaban J connectivity index is 1.72. The molecule has 1 saturated heterocycles. The lowest BCUT2D eigenvalue weighted by Gasteiger charge is -2.10. The quantitative estimate of drug-likeness (QED) is 0.532. The molecule has 128 valence electrons. The largest absolute Gasteiger partial charge is 0.347 e. The minimum absolute atomic E-state index is 0.0307. The predicted molar refractivity (Wildman–Crippen MR) is 90.2 cm³/mol.